The highest BCUT2D eigenvalue weighted by Crippen LogP contribution is 2.42. The van der Waals surface area contributed by atoms with Crippen LogP contribution in [0.1, 0.15) is 16.7 Å². The summed E-state index contributed by atoms with van der Waals surface area (Å²) in [7, 11) is 0. The van der Waals surface area contributed by atoms with Gasteiger partial charge in [0.25, 0.3) is 5.92 Å². The van der Waals surface area contributed by atoms with Gasteiger partial charge in [-0.2, -0.15) is 22.0 Å². The summed E-state index contributed by atoms with van der Waals surface area (Å²) in [5, 5.41) is 0. The second-order valence-electron chi connectivity index (χ2n) is 3.98. The van der Waals surface area contributed by atoms with Crippen LogP contribution in [0.25, 0.3) is 0 Å². The van der Waals surface area contributed by atoms with Gasteiger partial charge in [-0.25, -0.2) is 0 Å². The van der Waals surface area contributed by atoms with Gasteiger partial charge in [-0.15, -0.1) is 0 Å². The molecule has 100 valence electrons. The summed E-state index contributed by atoms with van der Waals surface area (Å²) in [5.41, 5.74) is -2.82. The smallest absolute Gasteiger partial charge is 0.196 e. The van der Waals surface area contributed by atoms with Crippen molar-refractivity contribution in [1.82, 2.24) is 0 Å². The molecule has 5 heteroatoms. The molecule has 0 amide bonds. The van der Waals surface area contributed by atoms with Gasteiger partial charge in [-0.3, -0.25) is 0 Å². The maximum absolute atomic E-state index is 14.2. The van der Waals surface area contributed by atoms with E-state index in [-0.39, 0.29) is 0 Å². The molecule has 0 saturated heterocycles. The Morgan fingerprint density at radius 1 is 0.579 bits per heavy atom. The first-order valence-electron chi connectivity index (χ1n) is 5.43. The molecular formula is C14H9F5. The predicted molar refractivity (Wildman–Crippen MR) is 60.9 cm³/mol. The van der Waals surface area contributed by atoms with E-state index >= 15 is 0 Å². The van der Waals surface area contributed by atoms with Crippen LogP contribution in [0.15, 0.2) is 54.6 Å². The third kappa shape index (κ3) is 2.59. The number of rotatable bonds is 2. The normalized spacial score (nSPS) is 12.5. The van der Waals surface area contributed by atoms with E-state index in [2.05, 4.69) is 0 Å². The average Bonchev–Trinajstić information content (AvgIpc) is 2.39. The molecule has 0 nitrogen and oxygen atoms in total. The Bertz CT molecular complexity index is 558. The van der Waals surface area contributed by atoms with Crippen molar-refractivity contribution in [3.05, 3.63) is 71.3 Å². The molecule has 0 aliphatic rings. The van der Waals surface area contributed by atoms with Gasteiger partial charge in [0, 0.05) is 11.1 Å². The topological polar surface area (TPSA) is 0 Å². The molecule has 2 rings (SSSR count). The van der Waals surface area contributed by atoms with Crippen LogP contribution in [0.4, 0.5) is 22.0 Å². The van der Waals surface area contributed by atoms with Gasteiger partial charge in [0.1, 0.15) is 0 Å². The number of hydrogen-bond donors (Lipinski definition) is 0. The lowest BCUT2D eigenvalue weighted by Crippen LogP contribution is -2.21. The van der Waals surface area contributed by atoms with Crippen LogP contribution in [-0.2, 0) is 12.1 Å². The minimum atomic E-state index is -4.81. The fourth-order valence-electron chi connectivity index (χ4n) is 1.81. The fraction of sp³-hybridized carbons (Fsp3) is 0.143. The average molecular weight is 272 g/mol. The first-order valence-corrected chi connectivity index (χ1v) is 5.43. The van der Waals surface area contributed by atoms with E-state index in [4.69, 9.17) is 0 Å². The minimum absolute atomic E-state index is 0.466. The van der Waals surface area contributed by atoms with Gasteiger partial charge in [-0.1, -0.05) is 48.5 Å². The first-order chi connectivity index (χ1) is 8.83. The van der Waals surface area contributed by atoms with E-state index in [0.29, 0.717) is 6.07 Å². The lowest BCUT2D eigenvalue weighted by molar-refractivity contribution is -0.140. The number of alkyl halides is 5. The van der Waals surface area contributed by atoms with Crippen molar-refractivity contribution >= 4 is 0 Å². The van der Waals surface area contributed by atoms with E-state index in [0.717, 1.165) is 24.3 Å². The number of hydrogen-bond acceptors (Lipinski definition) is 0. The van der Waals surface area contributed by atoms with Gasteiger partial charge in [-0.05, 0) is 6.07 Å². The summed E-state index contributed by atoms with van der Waals surface area (Å²) in [4.78, 5) is 0. The third-order valence-electron chi connectivity index (χ3n) is 2.71. The summed E-state index contributed by atoms with van der Waals surface area (Å²) in [6.45, 7) is 0. The summed E-state index contributed by atoms with van der Waals surface area (Å²) >= 11 is 0. The van der Waals surface area contributed by atoms with Gasteiger partial charge in [0.2, 0.25) is 0 Å². The molecule has 0 spiro atoms. The molecular weight excluding hydrogens is 263 g/mol. The molecule has 0 aromatic heterocycles. The Kier molecular flexibility index (Phi) is 3.30. The molecule has 2 aromatic carbocycles. The summed E-state index contributed by atoms with van der Waals surface area (Å²) in [6, 6.07) is 10.2. The minimum Gasteiger partial charge on any atom is -0.196 e. The zero-order valence-electron chi connectivity index (χ0n) is 9.59. The molecule has 19 heavy (non-hydrogen) atoms. The zero-order valence-corrected chi connectivity index (χ0v) is 9.59. The molecule has 0 heterocycles. The summed E-state index contributed by atoms with van der Waals surface area (Å²) in [6.07, 6.45) is -4.81. The van der Waals surface area contributed by atoms with E-state index in [9.17, 15) is 22.0 Å². The van der Waals surface area contributed by atoms with Crippen LogP contribution in [0.2, 0.25) is 0 Å². The quantitative estimate of drug-likeness (QED) is 0.686. The molecule has 0 bridgehead atoms. The van der Waals surface area contributed by atoms with Crippen molar-refractivity contribution in [3.63, 3.8) is 0 Å². The molecule has 0 aliphatic carbocycles. The van der Waals surface area contributed by atoms with E-state index in [1.54, 1.807) is 0 Å². The Morgan fingerprint density at radius 2 is 1.05 bits per heavy atom. The highest BCUT2D eigenvalue weighted by molar-refractivity contribution is 5.40. The van der Waals surface area contributed by atoms with Crippen LogP contribution >= 0.6 is 0 Å². The third-order valence-corrected chi connectivity index (χ3v) is 2.71. The van der Waals surface area contributed by atoms with E-state index in [1.165, 1.54) is 24.3 Å². The predicted octanol–water partition coefficient (Wildman–Crippen LogP) is 4.85. The van der Waals surface area contributed by atoms with Crippen molar-refractivity contribution in [2.75, 3.05) is 0 Å². The monoisotopic (exact) mass is 272 g/mol. The lowest BCUT2D eigenvalue weighted by Gasteiger charge is -2.21. The fourth-order valence-corrected chi connectivity index (χ4v) is 1.81. The standard InChI is InChI=1S/C14H9F5/c15-13(16,10-6-2-1-3-7-10)11-8-4-5-9-12(11)14(17,18)19/h1-9H. The van der Waals surface area contributed by atoms with Crippen molar-refractivity contribution in [1.29, 1.82) is 0 Å². The van der Waals surface area contributed by atoms with E-state index in [1.807, 2.05) is 0 Å². The van der Waals surface area contributed by atoms with Crippen LogP contribution in [0.3, 0.4) is 0 Å². The summed E-state index contributed by atoms with van der Waals surface area (Å²) < 4.78 is 66.6. The molecule has 0 aliphatic heterocycles. The second kappa shape index (κ2) is 4.64. The Labute approximate surface area is 106 Å². The maximum atomic E-state index is 14.2. The molecule has 2 aromatic rings. The van der Waals surface area contributed by atoms with Gasteiger partial charge in [0.05, 0.1) is 5.56 Å². The zero-order chi connectivity index (χ0) is 14.1. The van der Waals surface area contributed by atoms with Gasteiger partial charge >= 0.3 is 6.18 Å². The second-order valence-corrected chi connectivity index (χ2v) is 3.98. The van der Waals surface area contributed by atoms with Crippen molar-refractivity contribution in [3.8, 4) is 0 Å². The highest BCUT2D eigenvalue weighted by Gasteiger charge is 2.43. The van der Waals surface area contributed by atoms with Crippen molar-refractivity contribution in [2.24, 2.45) is 0 Å². The SMILES string of the molecule is FC(F)(F)c1ccccc1C(F)(F)c1ccccc1. The molecule has 0 unspecified atom stereocenters. The maximum Gasteiger partial charge on any atom is 0.416 e. The molecule has 0 N–H and O–H groups in total. The first kappa shape index (κ1) is 13.5. The molecule has 0 saturated carbocycles. The Balaban J connectivity index is 2.59. The van der Waals surface area contributed by atoms with Crippen LogP contribution in [0.5, 0.6) is 0 Å². The Hall–Kier alpha value is -1.91. The van der Waals surface area contributed by atoms with Crippen molar-refractivity contribution in [2.45, 2.75) is 12.1 Å². The molecule has 0 radical (unpaired) electrons. The Morgan fingerprint density at radius 3 is 1.58 bits per heavy atom. The lowest BCUT2D eigenvalue weighted by atomic mass is 9.95. The van der Waals surface area contributed by atoms with Gasteiger partial charge < -0.3 is 0 Å². The van der Waals surface area contributed by atoms with Gasteiger partial charge in [0.15, 0.2) is 0 Å². The van der Waals surface area contributed by atoms with Crippen LogP contribution in [0, 0.1) is 0 Å². The highest BCUT2D eigenvalue weighted by atomic mass is 19.4. The number of benzene rings is 2. The van der Waals surface area contributed by atoms with E-state index < -0.39 is 28.8 Å². The van der Waals surface area contributed by atoms with Crippen LogP contribution < -0.4 is 0 Å². The van der Waals surface area contributed by atoms with Crippen LogP contribution in [-0.4, -0.2) is 0 Å². The molecule has 0 fully saturated rings. The van der Waals surface area contributed by atoms with Crippen molar-refractivity contribution < 1.29 is 22.0 Å². The molecule has 0 atom stereocenters. The summed E-state index contributed by atoms with van der Waals surface area (Å²) in [5.74, 6) is -3.69. The number of halogens is 5. The largest absolute Gasteiger partial charge is 0.416 e.